The van der Waals surface area contributed by atoms with E-state index >= 15 is 0 Å². The smallest absolute Gasteiger partial charge is 0.265 e. The summed E-state index contributed by atoms with van der Waals surface area (Å²) in [7, 11) is 0. The molecule has 0 aliphatic carbocycles. The Morgan fingerprint density at radius 2 is 2.13 bits per heavy atom. The van der Waals surface area contributed by atoms with E-state index in [9.17, 15) is 13.6 Å². The number of rotatable bonds is 2. The standard InChI is InChI=1S/C10H8F2N2O/c11-9-10(12,8(15)5-13)6-3-1-2-4-7(6)14-9/h1-4H,5,13H2. The molecule has 1 atom stereocenters. The number of hydrogen-bond donors (Lipinski definition) is 1. The zero-order chi connectivity index (χ0) is 11.1. The fraction of sp³-hybridized carbons (Fsp3) is 0.200. The van der Waals surface area contributed by atoms with Gasteiger partial charge in [0.15, 0.2) is 5.78 Å². The number of alkyl halides is 1. The fourth-order valence-electron chi connectivity index (χ4n) is 1.56. The van der Waals surface area contributed by atoms with Crippen LogP contribution in [-0.2, 0) is 10.5 Å². The summed E-state index contributed by atoms with van der Waals surface area (Å²) < 4.78 is 27.5. The van der Waals surface area contributed by atoms with Crippen molar-refractivity contribution in [3.8, 4) is 0 Å². The third-order valence-corrected chi connectivity index (χ3v) is 2.35. The molecule has 5 heteroatoms. The van der Waals surface area contributed by atoms with Crippen molar-refractivity contribution in [3.63, 3.8) is 0 Å². The van der Waals surface area contributed by atoms with Gasteiger partial charge in [-0.2, -0.15) is 4.39 Å². The lowest BCUT2D eigenvalue weighted by Gasteiger charge is -2.16. The Morgan fingerprint density at radius 1 is 1.47 bits per heavy atom. The van der Waals surface area contributed by atoms with Crippen LogP contribution in [0.5, 0.6) is 0 Å². The Bertz CT molecular complexity index is 458. The first-order valence-electron chi connectivity index (χ1n) is 4.37. The molecule has 1 aromatic carbocycles. The van der Waals surface area contributed by atoms with Crippen molar-refractivity contribution in [2.24, 2.45) is 10.7 Å². The second-order valence-corrected chi connectivity index (χ2v) is 3.21. The third kappa shape index (κ3) is 1.20. The quantitative estimate of drug-likeness (QED) is 0.801. The largest absolute Gasteiger partial charge is 0.324 e. The summed E-state index contributed by atoms with van der Waals surface area (Å²) in [5.74, 6) is -2.35. The highest BCUT2D eigenvalue weighted by Crippen LogP contribution is 2.42. The molecule has 0 radical (unpaired) electrons. The van der Waals surface area contributed by atoms with E-state index in [2.05, 4.69) is 4.99 Å². The summed E-state index contributed by atoms with van der Waals surface area (Å²) in [5.41, 5.74) is 2.33. The van der Waals surface area contributed by atoms with E-state index in [4.69, 9.17) is 5.73 Å². The van der Waals surface area contributed by atoms with Gasteiger partial charge >= 0.3 is 0 Å². The zero-order valence-electron chi connectivity index (χ0n) is 7.71. The number of aliphatic imine (C=N–C) groups is 1. The van der Waals surface area contributed by atoms with Crippen molar-refractivity contribution in [2.75, 3.05) is 6.54 Å². The highest BCUT2D eigenvalue weighted by Gasteiger charge is 2.50. The summed E-state index contributed by atoms with van der Waals surface area (Å²) in [6.45, 7) is -0.562. The maximum absolute atomic E-state index is 14.2. The highest BCUT2D eigenvalue weighted by atomic mass is 19.2. The lowest BCUT2D eigenvalue weighted by Crippen LogP contribution is -2.39. The van der Waals surface area contributed by atoms with E-state index in [1.165, 1.54) is 18.2 Å². The summed E-state index contributed by atoms with van der Waals surface area (Å²) in [6, 6.07) is 5.89. The minimum Gasteiger partial charge on any atom is -0.324 e. The molecule has 1 unspecified atom stereocenters. The van der Waals surface area contributed by atoms with Crippen LogP contribution in [0.3, 0.4) is 0 Å². The van der Waals surface area contributed by atoms with Crippen molar-refractivity contribution in [1.29, 1.82) is 0 Å². The molecule has 2 N–H and O–H groups in total. The van der Waals surface area contributed by atoms with E-state index in [0.29, 0.717) is 0 Å². The van der Waals surface area contributed by atoms with Crippen molar-refractivity contribution in [3.05, 3.63) is 29.8 Å². The zero-order valence-corrected chi connectivity index (χ0v) is 7.71. The molecule has 0 saturated carbocycles. The molecule has 1 aromatic rings. The fourth-order valence-corrected chi connectivity index (χ4v) is 1.56. The van der Waals surface area contributed by atoms with Crippen LogP contribution < -0.4 is 5.73 Å². The first kappa shape index (κ1) is 9.92. The minimum atomic E-state index is -2.79. The number of Topliss-reactive ketones (excluding diaryl/α,β-unsaturated/α-hetero) is 1. The average Bonchev–Trinajstić information content (AvgIpc) is 2.52. The second-order valence-electron chi connectivity index (χ2n) is 3.21. The van der Waals surface area contributed by atoms with Crippen LogP contribution in [0.15, 0.2) is 29.3 Å². The van der Waals surface area contributed by atoms with Gasteiger partial charge in [-0.1, -0.05) is 18.2 Å². The first-order chi connectivity index (χ1) is 7.10. The van der Waals surface area contributed by atoms with Gasteiger partial charge in [0.2, 0.25) is 5.97 Å². The van der Waals surface area contributed by atoms with Crippen LogP contribution in [0.2, 0.25) is 0 Å². The number of nitrogens with zero attached hydrogens (tertiary/aromatic N) is 1. The van der Waals surface area contributed by atoms with Gasteiger partial charge in [-0.25, -0.2) is 9.38 Å². The molecule has 0 amide bonds. The number of para-hydroxylation sites is 1. The summed E-state index contributed by atoms with van der Waals surface area (Å²) >= 11 is 0. The molecule has 0 fully saturated rings. The number of fused-ring (bicyclic) bond motifs is 1. The van der Waals surface area contributed by atoms with Crippen molar-refractivity contribution < 1.29 is 13.6 Å². The number of hydrogen-bond acceptors (Lipinski definition) is 3. The van der Waals surface area contributed by atoms with Gasteiger partial charge in [-0.3, -0.25) is 4.79 Å². The molecule has 1 aliphatic heterocycles. The summed E-state index contributed by atoms with van der Waals surface area (Å²) in [6.07, 6.45) is 0. The van der Waals surface area contributed by atoms with Crippen LogP contribution in [-0.4, -0.2) is 18.3 Å². The summed E-state index contributed by atoms with van der Waals surface area (Å²) in [5, 5.41) is 0. The van der Waals surface area contributed by atoms with E-state index in [1.54, 1.807) is 6.07 Å². The van der Waals surface area contributed by atoms with Gasteiger partial charge in [0, 0.05) is 5.56 Å². The first-order valence-corrected chi connectivity index (χ1v) is 4.37. The molecule has 0 aromatic heterocycles. The van der Waals surface area contributed by atoms with Gasteiger partial charge in [0.05, 0.1) is 12.2 Å². The Balaban J connectivity index is 2.61. The summed E-state index contributed by atoms with van der Waals surface area (Å²) in [4.78, 5) is 14.7. The van der Waals surface area contributed by atoms with E-state index in [-0.39, 0.29) is 11.3 Å². The average molecular weight is 210 g/mol. The topological polar surface area (TPSA) is 55.5 Å². The Hall–Kier alpha value is -1.62. The number of benzene rings is 1. The minimum absolute atomic E-state index is 0.0713. The van der Waals surface area contributed by atoms with Gasteiger partial charge in [-0.05, 0) is 6.07 Å². The van der Waals surface area contributed by atoms with Crippen molar-refractivity contribution >= 4 is 17.4 Å². The van der Waals surface area contributed by atoms with Crippen LogP contribution in [0.25, 0.3) is 0 Å². The molecule has 1 aliphatic rings. The van der Waals surface area contributed by atoms with E-state index in [1.807, 2.05) is 0 Å². The molecule has 0 spiro atoms. The number of nitrogens with two attached hydrogens (primary N) is 1. The van der Waals surface area contributed by atoms with E-state index < -0.39 is 24.0 Å². The van der Waals surface area contributed by atoms with Crippen molar-refractivity contribution in [2.45, 2.75) is 5.67 Å². The number of carbonyl (C=O) groups is 1. The molecule has 78 valence electrons. The van der Waals surface area contributed by atoms with Gasteiger partial charge in [0.1, 0.15) is 0 Å². The number of halogens is 2. The monoisotopic (exact) mass is 210 g/mol. The van der Waals surface area contributed by atoms with Gasteiger partial charge in [0.25, 0.3) is 5.67 Å². The number of carbonyl (C=O) groups excluding carboxylic acids is 1. The lowest BCUT2D eigenvalue weighted by molar-refractivity contribution is -0.125. The Morgan fingerprint density at radius 3 is 2.80 bits per heavy atom. The lowest BCUT2D eigenvalue weighted by atomic mass is 9.92. The van der Waals surface area contributed by atoms with Crippen LogP contribution in [0.4, 0.5) is 14.5 Å². The maximum atomic E-state index is 14.2. The second kappa shape index (κ2) is 3.20. The van der Waals surface area contributed by atoms with E-state index in [0.717, 1.165) is 0 Å². The molecule has 0 saturated heterocycles. The predicted octanol–water partition coefficient (Wildman–Crippen LogP) is 1.39. The van der Waals surface area contributed by atoms with Crippen LogP contribution in [0, 0.1) is 0 Å². The Kier molecular flexibility index (Phi) is 2.12. The maximum Gasteiger partial charge on any atom is 0.265 e. The molecule has 2 rings (SSSR count). The highest BCUT2D eigenvalue weighted by molar-refractivity contribution is 6.14. The third-order valence-electron chi connectivity index (χ3n) is 2.35. The Labute approximate surface area is 84.6 Å². The molecule has 1 heterocycles. The molecule has 3 nitrogen and oxygen atoms in total. The van der Waals surface area contributed by atoms with Crippen LogP contribution in [0.1, 0.15) is 5.56 Å². The SMILES string of the molecule is NCC(=O)C1(F)C(F)=Nc2ccccc21. The normalized spacial score (nSPS) is 23.5. The predicted molar refractivity (Wildman–Crippen MR) is 51.5 cm³/mol. The molecular formula is C10H8F2N2O. The molecular weight excluding hydrogens is 202 g/mol. The van der Waals surface area contributed by atoms with Gasteiger partial charge < -0.3 is 5.73 Å². The van der Waals surface area contributed by atoms with Gasteiger partial charge in [-0.15, -0.1) is 0 Å². The van der Waals surface area contributed by atoms with Crippen molar-refractivity contribution in [1.82, 2.24) is 0 Å². The number of ketones is 1. The molecule has 15 heavy (non-hydrogen) atoms. The van der Waals surface area contributed by atoms with Crippen LogP contribution >= 0.6 is 0 Å². The molecule has 0 bridgehead atoms.